The topological polar surface area (TPSA) is 0 Å². The van der Waals surface area contributed by atoms with Crippen LogP contribution in [0.25, 0.3) is 32.7 Å². The second-order valence-corrected chi connectivity index (χ2v) is 12.1. The molecule has 0 bridgehead atoms. The molecule has 0 saturated heterocycles. The van der Waals surface area contributed by atoms with E-state index in [2.05, 4.69) is 143 Å². The van der Waals surface area contributed by atoms with Crippen LogP contribution < -0.4 is 0 Å². The standard InChI is InChI=1S/C23H24.C14H12.C9H12/c1-14-12-13-18-8-5-6-9-21(18)22(14)23-16(3)15(2)19-10-7-11-20(19)17(23)4;1-3-6-13-11(2)9-10-12-7-4-5-8-14(12)13;1-3-5-7-9-8-6-4-2/h5-6,8-9,12-13H,7,10-11H2,1-4H3;4-5,7-10H,1-2H3;7-9H2,1-2H3. The van der Waals surface area contributed by atoms with Gasteiger partial charge in [0, 0.05) is 18.4 Å². The molecule has 0 heteroatoms. The van der Waals surface area contributed by atoms with Crippen LogP contribution in [0.1, 0.15) is 91.0 Å². The van der Waals surface area contributed by atoms with Gasteiger partial charge in [-0.15, -0.1) is 29.6 Å². The van der Waals surface area contributed by atoms with Crippen LogP contribution >= 0.6 is 0 Å². The Morgan fingerprint density at radius 3 is 1.67 bits per heavy atom. The highest BCUT2D eigenvalue weighted by atomic mass is 14.3. The van der Waals surface area contributed by atoms with Gasteiger partial charge in [-0.2, -0.15) is 0 Å². The minimum atomic E-state index is 0.991. The Morgan fingerprint density at radius 1 is 0.522 bits per heavy atom. The van der Waals surface area contributed by atoms with Gasteiger partial charge in [-0.1, -0.05) is 78.7 Å². The molecular formula is C46H48. The molecule has 0 aromatic heterocycles. The Kier molecular flexibility index (Phi) is 12.3. The van der Waals surface area contributed by atoms with Gasteiger partial charge in [0.05, 0.1) is 0 Å². The summed E-state index contributed by atoms with van der Waals surface area (Å²) >= 11 is 0. The van der Waals surface area contributed by atoms with Crippen molar-refractivity contribution in [2.45, 2.75) is 93.9 Å². The van der Waals surface area contributed by atoms with E-state index in [0.29, 0.717) is 0 Å². The molecule has 0 radical (unpaired) electrons. The van der Waals surface area contributed by atoms with Crippen LogP contribution in [0.15, 0.2) is 72.8 Å². The highest BCUT2D eigenvalue weighted by molar-refractivity contribution is 6.00. The second kappa shape index (κ2) is 16.6. The van der Waals surface area contributed by atoms with Gasteiger partial charge in [-0.3, -0.25) is 0 Å². The monoisotopic (exact) mass is 600 g/mol. The highest BCUT2D eigenvalue weighted by Gasteiger charge is 2.23. The van der Waals surface area contributed by atoms with Gasteiger partial charge in [-0.05, 0) is 153 Å². The van der Waals surface area contributed by atoms with Crippen molar-refractivity contribution in [1.29, 1.82) is 0 Å². The van der Waals surface area contributed by atoms with Crippen molar-refractivity contribution < 1.29 is 0 Å². The molecule has 232 valence electrons. The zero-order chi connectivity index (χ0) is 33.1. The average molecular weight is 601 g/mol. The zero-order valence-corrected chi connectivity index (χ0v) is 29.2. The first kappa shape index (κ1) is 34.2. The molecular weight excluding hydrogens is 553 g/mol. The fraction of sp³-hybridized carbons (Fsp3) is 0.304. The first-order valence-corrected chi connectivity index (χ1v) is 16.6. The van der Waals surface area contributed by atoms with E-state index in [4.69, 9.17) is 0 Å². The van der Waals surface area contributed by atoms with Crippen LogP contribution in [0.4, 0.5) is 0 Å². The van der Waals surface area contributed by atoms with Crippen molar-refractivity contribution in [2.75, 3.05) is 0 Å². The lowest BCUT2D eigenvalue weighted by atomic mass is 9.83. The summed E-state index contributed by atoms with van der Waals surface area (Å²) in [7, 11) is 0. The van der Waals surface area contributed by atoms with E-state index in [-0.39, 0.29) is 0 Å². The van der Waals surface area contributed by atoms with Gasteiger partial charge in [0.15, 0.2) is 0 Å². The molecule has 5 aromatic rings. The Bertz CT molecular complexity index is 2010. The van der Waals surface area contributed by atoms with Crippen LogP contribution in [0.5, 0.6) is 0 Å². The molecule has 1 aliphatic carbocycles. The van der Waals surface area contributed by atoms with Crippen LogP contribution in [0.3, 0.4) is 0 Å². The molecule has 0 unspecified atom stereocenters. The molecule has 0 amide bonds. The largest absolute Gasteiger partial charge is 0.107 e. The van der Waals surface area contributed by atoms with Crippen molar-refractivity contribution in [1.82, 2.24) is 0 Å². The summed E-state index contributed by atoms with van der Waals surface area (Å²) in [6.07, 6.45) is 6.92. The SMILES string of the molecule is CC#CCCCC#CC.CC#Cc1c(C)ccc2ccccc12.Cc1ccc2ccccc2c1-c1c(C)c(C)c2c(c1C)CCC2. The van der Waals surface area contributed by atoms with Crippen molar-refractivity contribution >= 4 is 21.5 Å². The summed E-state index contributed by atoms with van der Waals surface area (Å²) in [6.45, 7) is 16.9. The summed E-state index contributed by atoms with van der Waals surface area (Å²) in [5.74, 6) is 17.8. The Hall–Kier alpha value is -4.70. The number of rotatable bonds is 3. The third-order valence-corrected chi connectivity index (χ3v) is 9.17. The fourth-order valence-corrected chi connectivity index (χ4v) is 6.69. The number of benzene rings is 5. The van der Waals surface area contributed by atoms with Gasteiger partial charge >= 0.3 is 0 Å². The maximum atomic E-state index is 3.17. The van der Waals surface area contributed by atoms with Crippen LogP contribution in [-0.2, 0) is 12.8 Å². The Morgan fingerprint density at radius 2 is 1.07 bits per heavy atom. The lowest BCUT2D eigenvalue weighted by Crippen LogP contribution is -2.01. The third kappa shape index (κ3) is 7.74. The van der Waals surface area contributed by atoms with Gasteiger partial charge < -0.3 is 0 Å². The smallest absolute Gasteiger partial charge is 0.0352 e. The summed E-state index contributed by atoms with van der Waals surface area (Å²) in [4.78, 5) is 0. The van der Waals surface area contributed by atoms with E-state index < -0.39 is 0 Å². The number of unbranched alkanes of at least 4 members (excludes halogenated alkanes) is 2. The maximum Gasteiger partial charge on any atom is 0.0352 e. The van der Waals surface area contributed by atoms with E-state index in [9.17, 15) is 0 Å². The lowest BCUT2D eigenvalue weighted by molar-refractivity contribution is 0.903. The van der Waals surface area contributed by atoms with Crippen LogP contribution in [-0.4, -0.2) is 0 Å². The molecule has 0 heterocycles. The van der Waals surface area contributed by atoms with Crippen molar-refractivity contribution in [2.24, 2.45) is 0 Å². The fourth-order valence-electron chi connectivity index (χ4n) is 6.69. The Labute approximate surface area is 278 Å². The van der Waals surface area contributed by atoms with Gasteiger partial charge in [0.1, 0.15) is 0 Å². The zero-order valence-electron chi connectivity index (χ0n) is 29.2. The summed E-state index contributed by atoms with van der Waals surface area (Å²) in [5, 5.41) is 5.23. The molecule has 0 N–H and O–H groups in total. The van der Waals surface area contributed by atoms with Crippen molar-refractivity contribution in [3.8, 4) is 46.6 Å². The molecule has 0 aliphatic heterocycles. The van der Waals surface area contributed by atoms with Gasteiger partial charge in [-0.25, -0.2) is 0 Å². The molecule has 0 spiro atoms. The highest BCUT2D eigenvalue weighted by Crippen LogP contribution is 2.42. The summed E-state index contributed by atoms with van der Waals surface area (Å²) in [6, 6.07) is 26.0. The minimum Gasteiger partial charge on any atom is -0.107 e. The van der Waals surface area contributed by atoms with Gasteiger partial charge in [0.2, 0.25) is 0 Å². The van der Waals surface area contributed by atoms with E-state index >= 15 is 0 Å². The molecule has 6 rings (SSSR count). The average Bonchev–Trinajstić information content (AvgIpc) is 3.58. The number of hydrogen-bond donors (Lipinski definition) is 0. The minimum absolute atomic E-state index is 0.991. The molecule has 0 atom stereocenters. The van der Waals surface area contributed by atoms with Crippen molar-refractivity contribution in [3.63, 3.8) is 0 Å². The predicted molar refractivity (Wildman–Crippen MR) is 202 cm³/mol. The first-order valence-electron chi connectivity index (χ1n) is 16.6. The maximum absolute atomic E-state index is 3.17. The van der Waals surface area contributed by atoms with E-state index in [1.807, 2.05) is 20.8 Å². The quantitative estimate of drug-likeness (QED) is 0.143. The lowest BCUT2D eigenvalue weighted by Gasteiger charge is -2.21. The molecule has 1 aliphatic rings. The van der Waals surface area contributed by atoms with Crippen LogP contribution in [0, 0.1) is 70.1 Å². The molecule has 46 heavy (non-hydrogen) atoms. The van der Waals surface area contributed by atoms with E-state index in [1.165, 1.54) is 79.8 Å². The first-order chi connectivity index (χ1) is 22.3. The number of hydrogen-bond acceptors (Lipinski definition) is 0. The number of aryl methyl sites for hydroxylation is 2. The summed E-state index contributed by atoms with van der Waals surface area (Å²) < 4.78 is 0. The molecule has 5 aromatic carbocycles. The predicted octanol–water partition coefficient (Wildman–Crippen LogP) is 12.0. The second-order valence-electron chi connectivity index (χ2n) is 12.1. The molecule has 0 fully saturated rings. The summed E-state index contributed by atoms with van der Waals surface area (Å²) in [5.41, 5.74) is 14.5. The van der Waals surface area contributed by atoms with E-state index in [1.54, 1.807) is 11.1 Å². The van der Waals surface area contributed by atoms with Crippen LogP contribution in [0.2, 0.25) is 0 Å². The van der Waals surface area contributed by atoms with Crippen molar-refractivity contribution in [3.05, 3.63) is 117 Å². The normalized spacial score (nSPS) is 11.0. The van der Waals surface area contributed by atoms with E-state index in [0.717, 1.165) is 24.8 Å². The van der Waals surface area contributed by atoms with Gasteiger partial charge in [0.25, 0.3) is 0 Å². The molecule has 0 saturated carbocycles. The third-order valence-electron chi connectivity index (χ3n) is 9.17. The number of fused-ring (bicyclic) bond motifs is 3. The molecule has 0 nitrogen and oxygen atoms in total. The Balaban J connectivity index is 0.000000178.